The molecule has 0 aliphatic rings. The summed E-state index contributed by atoms with van der Waals surface area (Å²) < 4.78 is 32.9. The molecule has 0 heterocycles. The maximum Gasteiger partial charge on any atom is 0.314 e. The van der Waals surface area contributed by atoms with Gasteiger partial charge in [0.05, 0.1) is 19.1 Å². The maximum atomic E-state index is 11.9. The number of nitrogens with one attached hydrogen (secondary N) is 2. The van der Waals surface area contributed by atoms with Crippen LogP contribution in [0.25, 0.3) is 0 Å². The normalized spacial score (nSPS) is 11.0. The van der Waals surface area contributed by atoms with Crippen LogP contribution in [0.1, 0.15) is 11.1 Å². The molecule has 2 aromatic rings. The summed E-state index contributed by atoms with van der Waals surface area (Å²) in [7, 11) is -0.529. The van der Waals surface area contributed by atoms with Gasteiger partial charge in [0.15, 0.2) is 11.5 Å². The average molecular weight is 407 g/mol. The second-order valence-corrected chi connectivity index (χ2v) is 7.62. The third-order valence-corrected chi connectivity index (χ3v) is 5.03. The molecule has 0 spiro atoms. The summed E-state index contributed by atoms with van der Waals surface area (Å²) in [5, 5.41) is 10.6. The van der Waals surface area contributed by atoms with Crippen molar-refractivity contribution in [1.82, 2.24) is 10.6 Å². The number of rotatable bonds is 9. The van der Waals surface area contributed by atoms with Crippen molar-refractivity contribution in [3.8, 4) is 11.5 Å². The van der Waals surface area contributed by atoms with Crippen LogP contribution >= 0.6 is 0 Å². The Morgan fingerprint density at radius 2 is 1.43 bits per heavy atom. The zero-order chi connectivity index (χ0) is 20.6. The number of urea groups is 1. The lowest BCUT2D eigenvalue weighted by atomic mass is 10.1. The molecule has 2 rings (SSSR count). The van der Waals surface area contributed by atoms with Gasteiger partial charge in [-0.3, -0.25) is 0 Å². The quantitative estimate of drug-likeness (QED) is 0.581. The molecule has 0 saturated heterocycles. The van der Waals surface area contributed by atoms with Gasteiger partial charge in [-0.2, -0.15) is 0 Å². The third-order valence-electron chi connectivity index (χ3n) is 4.10. The minimum atomic E-state index is -3.69. The number of carbonyl (C=O) groups is 1. The molecule has 0 bridgehead atoms. The molecular weight excluding hydrogens is 382 g/mol. The van der Waals surface area contributed by atoms with Crippen molar-refractivity contribution < 1.29 is 22.7 Å². The first-order chi connectivity index (χ1) is 13.3. The van der Waals surface area contributed by atoms with Gasteiger partial charge in [0.1, 0.15) is 0 Å². The van der Waals surface area contributed by atoms with E-state index in [1.54, 1.807) is 26.4 Å². The topological polar surface area (TPSA) is 120 Å². The second kappa shape index (κ2) is 9.95. The summed E-state index contributed by atoms with van der Waals surface area (Å²) in [5.41, 5.74) is 1.92. The van der Waals surface area contributed by atoms with Crippen molar-refractivity contribution in [2.24, 2.45) is 5.14 Å². The van der Waals surface area contributed by atoms with Gasteiger partial charge < -0.3 is 20.1 Å². The lowest BCUT2D eigenvalue weighted by molar-refractivity contribution is 0.241. The van der Waals surface area contributed by atoms with Crippen molar-refractivity contribution >= 4 is 16.1 Å². The van der Waals surface area contributed by atoms with Crippen LogP contribution in [0.3, 0.4) is 0 Å². The van der Waals surface area contributed by atoms with Crippen LogP contribution in [-0.2, 0) is 22.9 Å². The van der Waals surface area contributed by atoms with Crippen molar-refractivity contribution in [3.63, 3.8) is 0 Å². The highest BCUT2D eigenvalue weighted by atomic mass is 32.2. The number of benzene rings is 2. The molecule has 28 heavy (non-hydrogen) atoms. The molecule has 0 fully saturated rings. The van der Waals surface area contributed by atoms with Crippen LogP contribution in [0.5, 0.6) is 11.5 Å². The summed E-state index contributed by atoms with van der Waals surface area (Å²) >= 11 is 0. The number of amides is 2. The largest absolute Gasteiger partial charge is 0.493 e. The van der Waals surface area contributed by atoms with Crippen LogP contribution in [0, 0.1) is 0 Å². The van der Waals surface area contributed by atoms with Crippen LogP contribution in [-0.4, -0.2) is 41.8 Å². The average Bonchev–Trinajstić information content (AvgIpc) is 2.67. The number of primary sulfonamides is 1. The van der Waals surface area contributed by atoms with E-state index in [1.165, 1.54) is 12.1 Å². The fourth-order valence-corrected chi connectivity index (χ4v) is 3.10. The standard InChI is InChI=1S/C19H25N3O5S/c1-26-17-8-5-15(13-18(17)27-2)10-12-22-19(23)21-11-9-14-3-6-16(7-4-14)28(20,24)25/h3-8,13H,9-12H2,1-2H3,(H2,20,24,25)(H2,21,22,23). The van der Waals surface area contributed by atoms with Crippen molar-refractivity contribution in [2.75, 3.05) is 27.3 Å². The highest BCUT2D eigenvalue weighted by Gasteiger charge is 2.07. The lowest BCUT2D eigenvalue weighted by Crippen LogP contribution is -2.37. The van der Waals surface area contributed by atoms with Crippen LogP contribution in [0.2, 0.25) is 0 Å². The Bertz CT molecular complexity index is 898. The molecular formula is C19H25N3O5S. The van der Waals surface area contributed by atoms with Gasteiger partial charge in [0.25, 0.3) is 0 Å². The third kappa shape index (κ3) is 6.43. The van der Waals surface area contributed by atoms with Gasteiger partial charge in [0, 0.05) is 13.1 Å². The SMILES string of the molecule is COc1ccc(CCNC(=O)NCCc2ccc(S(N)(=O)=O)cc2)cc1OC. The molecule has 8 nitrogen and oxygen atoms in total. The number of ether oxygens (including phenoxy) is 2. The van der Waals surface area contributed by atoms with E-state index in [4.69, 9.17) is 14.6 Å². The molecule has 4 N–H and O–H groups in total. The number of hydrogen-bond acceptors (Lipinski definition) is 5. The minimum Gasteiger partial charge on any atom is -0.493 e. The van der Waals surface area contributed by atoms with E-state index in [2.05, 4.69) is 10.6 Å². The number of hydrogen-bond donors (Lipinski definition) is 3. The smallest absolute Gasteiger partial charge is 0.314 e. The molecule has 9 heteroatoms. The first-order valence-corrected chi connectivity index (χ1v) is 10.2. The van der Waals surface area contributed by atoms with E-state index < -0.39 is 10.0 Å². The van der Waals surface area contributed by atoms with E-state index in [1.807, 2.05) is 18.2 Å². The second-order valence-electron chi connectivity index (χ2n) is 6.06. The molecule has 0 saturated carbocycles. The monoisotopic (exact) mass is 407 g/mol. The lowest BCUT2D eigenvalue weighted by Gasteiger charge is -2.11. The summed E-state index contributed by atoms with van der Waals surface area (Å²) in [6.45, 7) is 0.904. The number of sulfonamides is 1. The van der Waals surface area contributed by atoms with Gasteiger partial charge in [-0.1, -0.05) is 18.2 Å². The number of nitrogens with two attached hydrogens (primary N) is 1. The molecule has 152 valence electrons. The van der Waals surface area contributed by atoms with Crippen LogP contribution < -0.4 is 25.2 Å². The Morgan fingerprint density at radius 3 is 1.96 bits per heavy atom. The highest BCUT2D eigenvalue weighted by molar-refractivity contribution is 7.89. The zero-order valence-corrected chi connectivity index (χ0v) is 16.7. The first-order valence-electron chi connectivity index (χ1n) is 8.68. The Labute approximate surface area is 165 Å². The Morgan fingerprint density at radius 1 is 0.893 bits per heavy atom. The van der Waals surface area contributed by atoms with Gasteiger partial charge in [0.2, 0.25) is 10.0 Å². The van der Waals surface area contributed by atoms with E-state index in [-0.39, 0.29) is 10.9 Å². The molecule has 2 amide bonds. The van der Waals surface area contributed by atoms with Crippen LogP contribution in [0.4, 0.5) is 4.79 Å². The predicted octanol–water partition coefficient (Wildman–Crippen LogP) is 1.44. The Kier molecular flexibility index (Phi) is 7.65. The Balaban J connectivity index is 1.72. The van der Waals surface area contributed by atoms with E-state index in [9.17, 15) is 13.2 Å². The highest BCUT2D eigenvalue weighted by Crippen LogP contribution is 2.27. The summed E-state index contributed by atoms with van der Waals surface area (Å²) in [6, 6.07) is 11.6. The predicted molar refractivity (Wildman–Crippen MR) is 106 cm³/mol. The summed E-state index contributed by atoms with van der Waals surface area (Å²) in [6.07, 6.45) is 1.23. The van der Waals surface area contributed by atoms with Gasteiger partial charge >= 0.3 is 6.03 Å². The summed E-state index contributed by atoms with van der Waals surface area (Å²) in [4.78, 5) is 11.9. The summed E-state index contributed by atoms with van der Waals surface area (Å²) in [5.74, 6) is 1.31. The molecule has 0 atom stereocenters. The molecule has 0 unspecified atom stereocenters. The van der Waals surface area contributed by atoms with E-state index >= 15 is 0 Å². The fraction of sp³-hybridized carbons (Fsp3) is 0.316. The molecule has 0 aromatic heterocycles. The first kappa shape index (κ1) is 21.5. The number of carbonyl (C=O) groups excluding carboxylic acids is 1. The van der Waals surface area contributed by atoms with Gasteiger partial charge in [-0.25, -0.2) is 18.4 Å². The molecule has 2 aromatic carbocycles. The molecule has 0 radical (unpaired) electrons. The molecule has 0 aliphatic carbocycles. The van der Waals surface area contributed by atoms with Crippen molar-refractivity contribution in [1.29, 1.82) is 0 Å². The minimum absolute atomic E-state index is 0.0668. The van der Waals surface area contributed by atoms with E-state index in [0.717, 1.165) is 11.1 Å². The van der Waals surface area contributed by atoms with Gasteiger partial charge in [-0.05, 0) is 48.2 Å². The van der Waals surface area contributed by atoms with Crippen LogP contribution in [0.15, 0.2) is 47.4 Å². The maximum absolute atomic E-state index is 11.9. The van der Waals surface area contributed by atoms with E-state index in [0.29, 0.717) is 37.4 Å². The molecule has 0 aliphatic heterocycles. The number of methoxy groups -OCH3 is 2. The van der Waals surface area contributed by atoms with Crippen molar-refractivity contribution in [2.45, 2.75) is 17.7 Å². The fourth-order valence-electron chi connectivity index (χ4n) is 2.59. The van der Waals surface area contributed by atoms with Crippen molar-refractivity contribution in [3.05, 3.63) is 53.6 Å². The Hall–Kier alpha value is -2.78. The van der Waals surface area contributed by atoms with Gasteiger partial charge in [-0.15, -0.1) is 0 Å². The zero-order valence-electron chi connectivity index (χ0n) is 15.9.